The van der Waals surface area contributed by atoms with Crippen LogP contribution in [-0.2, 0) is 0 Å². The minimum atomic E-state index is 0.145. The van der Waals surface area contributed by atoms with Crippen molar-refractivity contribution in [3.8, 4) is 0 Å². The van der Waals surface area contributed by atoms with Gasteiger partial charge in [0, 0.05) is 5.54 Å². The van der Waals surface area contributed by atoms with Crippen LogP contribution in [0, 0.1) is 0 Å². The molecule has 0 saturated carbocycles. The molecule has 3 heteroatoms. The molecule has 0 bridgehead atoms. The van der Waals surface area contributed by atoms with Gasteiger partial charge >= 0.3 is 0 Å². The van der Waals surface area contributed by atoms with Gasteiger partial charge in [-0.15, -0.1) is 0 Å². The van der Waals surface area contributed by atoms with Gasteiger partial charge in [-0.2, -0.15) is 0 Å². The first kappa shape index (κ1) is 13.5. The first-order valence-electron chi connectivity index (χ1n) is 6.65. The lowest BCUT2D eigenvalue weighted by molar-refractivity contribution is 0.423. The van der Waals surface area contributed by atoms with E-state index in [1.165, 1.54) is 18.4 Å². The molecular formula is C15H22N2S. The molecule has 1 N–H and O–H groups in total. The zero-order valence-corrected chi connectivity index (χ0v) is 12.3. The number of hydrogen-bond acceptors (Lipinski definition) is 3. The van der Waals surface area contributed by atoms with Gasteiger partial charge in [0.05, 0.1) is 11.8 Å². The predicted octanol–water partition coefficient (Wildman–Crippen LogP) is 4.00. The van der Waals surface area contributed by atoms with E-state index in [1.54, 1.807) is 0 Å². The Balaban J connectivity index is 1.92. The van der Waals surface area contributed by atoms with Crippen LogP contribution in [0.1, 0.15) is 44.4 Å². The van der Waals surface area contributed by atoms with E-state index in [1.807, 2.05) is 11.8 Å². The Kier molecular flexibility index (Phi) is 4.33. The topological polar surface area (TPSA) is 24.4 Å². The summed E-state index contributed by atoms with van der Waals surface area (Å²) < 4.78 is 0. The molecule has 1 heterocycles. The number of nitrogens with one attached hydrogen (secondary N) is 1. The summed E-state index contributed by atoms with van der Waals surface area (Å²) in [6.45, 7) is 7.60. The van der Waals surface area contributed by atoms with Gasteiger partial charge in [-0.25, -0.2) is 0 Å². The lowest BCUT2D eigenvalue weighted by atomic mass is 10.00. The van der Waals surface area contributed by atoms with Crippen molar-refractivity contribution in [3.63, 3.8) is 0 Å². The van der Waals surface area contributed by atoms with Crippen LogP contribution < -0.4 is 5.32 Å². The Morgan fingerprint density at radius 2 is 2.06 bits per heavy atom. The molecule has 0 fully saturated rings. The van der Waals surface area contributed by atoms with Gasteiger partial charge in [0.1, 0.15) is 0 Å². The number of nitrogens with zero attached hydrogens (tertiary/aromatic N) is 1. The van der Waals surface area contributed by atoms with E-state index in [4.69, 9.17) is 0 Å². The molecule has 1 unspecified atom stereocenters. The molecule has 0 spiro atoms. The number of hydrogen-bond donors (Lipinski definition) is 1. The van der Waals surface area contributed by atoms with Crippen LogP contribution in [0.3, 0.4) is 0 Å². The van der Waals surface area contributed by atoms with Crippen molar-refractivity contribution in [2.24, 2.45) is 4.99 Å². The van der Waals surface area contributed by atoms with E-state index in [9.17, 15) is 0 Å². The van der Waals surface area contributed by atoms with Gasteiger partial charge in [0.15, 0.2) is 5.17 Å². The molecule has 98 valence electrons. The fraction of sp³-hybridized carbons (Fsp3) is 0.533. The van der Waals surface area contributed by atoms with E-state index in [0.717, 1.165) is 11.7 Å². The predicted molar refractivity (Wildman–Crippen MR) is 81.2 cm³/mol. The summed E-state index contributed by atoms with van der Waals surface area (Å²) in [6, 6.07) is 10.6. The fourth-order valence-electron chi connectivity index (χ4n) is 2.26. The normalized spacial score (nSPS) is 19.7. The maximum Gasteiger partial charge on any atom is 0.157 e. The Morgan fingerprint density at radius 1 is 1.33 bits per heavy atom. The lowest BCUT2D eigenvalue weighted by Crippen LogP contribution is -2.41. The summed E-state index contributed by atoms with van der Waals surface area (Å²) in [5.74, 6) is 0. The monoisotopic (exact) mass is 262 g/mol. The minimum absolute atomic E-state index is 0.145. The van der Waals surface area contributed by atoms with Crippen LogP contribution >= 0.6 is 11.8 Å². The van der Waals surface area contributed by atoms with Gasteiger partial charge in [0.25, 0.3) is 0 Å². The van der Waals surface area contributed by atoms with Crippen LogP contribution in [0.5, 0.6) is 0 Å². The summed E-state index contributed by atoms with van der Waals surface area (Å²) >= 11 is 1.86. The summed E-state index contributed by atoms with van der Waals surface area (Å²) in [6.07, 6.45) is 2.36. The van der Waals surface area contributed by atoms with E-state index in [0.29, 0.717) is 5.25 Å². The molecule has 0 aromatic heterocycles. The van der Waals surface area contributed by atoms with Crippen LogP contribution in [0.15, 0.2) is 35.3 Å². The number of benzene rings is 1. The maximum absolute atomic E-state index is 4.63. The minimum Gasteiger partial charge on any atom is -0.360 e. The Bertz CT molecular complexity index is 412. The second-order valence-electron chi connectivity index (χ2n) is 5.42. The Morgan fingerprint density at radius 3 is 2.72 bits per heavy atom. The van der Waals surface area contributed by atoms with Crippen LogP contribution in [0.4, 0.5) is 0 Å². The van der Waals surface area contributed by atoms with Crippen LogP contribution in [-0.4, -0.2) is 17.3 Å². The third-order valence-electron chi connectivity index (χ3n) is 3.15. The first-order valence-corrected chi connectivity index (χ1v) is 7.53. The highest BCUT2D eigenvalue weighted by Crippen LogP contribution is 2.35. The molecule has 18 heavy (non-hydrogen) atoms. The first-order chi connectivity index (χ1) is 8.61. The molecule has 1 atom stereocenters. The Labute approximate surface area is 114 Å². The quantitative estimate of drug-likeness (QED) is 0.887. The van der Waals surface area contributed by atoms with Gasteiger partial charge < -0.3 is 5.32 Å². The summed E-state index contributed by atoms with van der Waals surface area (Å²) in [7, 11) is 0. The molecule has 1 aliphatic rings. The average Bonchev–Trinajstić information content (AvgIpc) is 2.77. The second-order valence-corrected chi connectivity index (χ2v) is 6.61. The fourth-order valence-corrected chi connectivity index (χ4v) is 3.46. The van der Waals surface area contributed by atoms with Crippen LogP contribution in [0.2, 0.25) is 0 Å². The van der Waals surface area contributed by atoms with E-state index < -0.39 is 0 Å². The smallest absolute Gasteiger partial charge is 0.157 e. The van der Waals surface area contributed by atoms with E-state index >= 15 is 0 Å². The van der Waals surface area contributed by atoms with Crippen molar-refractivity contribution < 1.29 is 0 Å². The van der Waals surface area contributed by atoms with Gasteiger partial charge in [-0.05, 0) is 25.8 Å². The zero-order chi connectivity index (χ0) is 13.0. The highest BCUT2D eigenvalue weighted by molar-refractivity contribution is 8.14. The van der Waals surface area contributed by atoms with E-state index in [-0.39, 0.29) is 5.54 Å². The standard InChI is InChI=1S/C15H22N2S/c1-4-10-15(2,3)17-14-16-11-13(18-14)12-8-6-5-7-9-12/h5-9,13H,4,10-11H2,1-3H3,(H,16,17). The largest absolute Gasteiger partial charge is 0.360 e. The lowest BCUT2D eigenvalue weighted by Gasteiger charge is -2.26. The number of amidine groups is 1. The molecule has 1 aliphatic heterocycles. The Hall–Kier alpha value is -0.960. The molecule has 2 nitrogen and oxygen atoms in total. The maximum atomic E-state index is 4.63. The van der Waals surface area contributed by atoms with Crippen molar-refractivity contribution in [1.29, 1.82) is 0 Å². The molecule has 0 saturated heterocycles. The SMILES string of the molecule is CCCC(C)(C)NC1=NCC(c2ccccc2)S1. The number of aliphatic imine (C=N–C) groups is 1. The molecule has 2 rings (SSSR count). The number of thioether (sulfide) groups is 1. The molecule has 1 aromatic rings. The second kappa shape index (κ2) is 5.79. The summed E-state index contributed by atoms with van der Waals surface area (Å²) in [5, 5.41) is 5.15. The highest BCUT2D eigenvalue weighted by atomic mass is 32.2. The summed E-state index contributed by atoms with van der Waals surface area (Å²) in [5.41, 5.74) is 1.52. The third-order valence-corrected chi connectivity index (χ3v) is 4.31. The van der Waals surface area contributed by atoms with Crippen molar-refractivity contribution in [2.45, 2.75) is 44.4 Å². The molecule has 0 radical (unpaired) electrons. The van der Waals surface area contributed by atoms with Crippen LogP contribution in [0.25, 0.3) is 0 Å². The molecular weight excluding hydrogens is 240 g/mol. The van der Waals surface area contributed by atoms with Crippen molar-refractivity contribution in [1.82, 2.24) is 5.32 Å². The molecule has 1 aromatic carbocycles. The van der Waals surface area contributed by atoms with Crippen molar-refractivity contribution in [2.75, 3.05) is 6.54 Å². The summed E-state index contributed by atoms with van der Waals surface area (Å²) in [4.78, 5) is 4.63. The van der Waals surface area contributed by atoms with Crippen molar-refractivity contribution >= 4 is 16.9 Å². The highest BCUT2D eigenvalue weighted by Gasteiger charge is 2.25. The van der Waals surface area contributed by atoms with Gasteiger partial charge in [-0.3, -0.25) is 4.99 Å². The molecule has 0 aliphatic carbocycles. The van der Waals surface area contributed by atoms with Gasteiger partial charge in [0.2, 0.25) is 0 Å². The van der Waals surface area contributed by atoms with E-state index in [2.05, 4.69) is 61.4 Å². The number of rotatable bonds is 4. The zero-order valence-electron chi connectivity index (χ0n) is 11.4. The molecule has 0 amide bonds. The van der Waals surface area contributed by atoms with Gasteiger partial charge in [-0.1, -0.05) is 55.4 Å². The third kappa shape index (κ3) is 3.52. The van der Waals surface area contributed by atoms with Crippen molar-refractivity contribution in [3.05, 3.63) is 35.9 Å². The average molecular weight is 262 g/mol.